The molecule has 0 aliphatic heterocycles. The van der Waals surface area contributed by atoms with Gasteiger partial charge < -0.3 is 0 Å². The SMILES string of the molecule is C=C(c1cc(C2CC2)c([N+](=O)[O-])c(C2CC2)c1)C(F)(F)F. The van der Waals surface area contributed by atoms with Gasteiger partial charge in [-0.25, -0.2) is 0 Å². The molecule has 2 saturated carbocycles. The fourth-order valence-corrected chi connectivity index (χ4v) is 2.64. The van der Waals surface area contributed by atoms with E-state index in [1.165, 1.54) is 12.1 Å². The molecule has 3 rings (SSSR count). The van der Waals surface area contributed by atoms with Gasteiger partial charge in [0.15, 0.2) is 0 Å². The highest BCUT2D eigenvalue weighted by Gasteiger charge is 2.40. The Kier molecular flexibility index (Phi) is 3.07. The predicted molar refractivity (Wildman–Crippen MR) is 72.1 cm³/mol. The van der Waals surface area contributed by atoms with Crippen molar-refractivity contribution in [2.45, 2.75) is 43.7 Å². The Morgan fingerprint density at radius 1 is 1.14 bits per heavy atom. The van der Waals surface area contributed by atoms with Gasteiger partial charge in [0.25, 0.3) is 5.69 Å². The summed E-state index contributed by atoms with van der Waals surface area (Å²) in [6.07, 6.45) is -1.32. The lowest BCUT2D eigenvalue weighted by Gasteiger charge is -2.14. The van der Waals surface area contributed by atoms with Gasteiger partial charge in [0.2, 0.25) is 0 Å². The van der Waals surface area contributed by atoms with E-state index in [9.17, 15) is 23.3 Å². The molecule has 2 aliphatic carbocycles. The van der Waals surface area contributed by atoms with Crippen LogP contribution < -0.4 is 0 Å². The minimum atomic E-state index is -4.52. The van der Waals surface area contributed by atoms with Crippen molar-refractivity contribution in [3.05, 3.63) is 45.5 Å². The second kappa shape index (κ2) is 4.58. The molecule has 0 aromatic heterocycles. The van der Waals surface area contributed by atoms with Crippen LogP contribution in [0.25, 0.3) is 5.57 Å². The minimum absolute atomic E-state index is 0.0175. The van der Waals surface area contributed by atoms with Crippen LogP contribution in [0.5, 0.6) is 0 Å². The number of hydrogen-bond acceptors (Lipinski definition) is 2. The molecule has 3 nitrogen and oxygen atoms in total. The average Bonchev–Trinajstić information content (AvgIpc) is 3.28. The van der Waals surface area contributed by atoms with Crippen LogP contribution in [0.15, 0.2) is 18.7 Å². The zero-order valence-corrected chi connectivity index (χ0v) is 11.2. The Morgan fingerprint density at radius 3 is 1.86 bits per heavy atom. The Labute approximate surface area is 119 Å². The normalized spacial score (nSPS) is 18.6. The summed E-state index contributed by atoms with van der Waals surface area (Å²) in [5.74, 6) is 0.0350. The zero-order valence-electron chi connectivity index (χ0n) is 11.2. The van der Waals surface area contributed by atoms with Crippen LogP contribution in [0, 0.1) is 10.1 Å². The Morgan fingerprint density at radius 2 is 1.57 bits per heavy atom. The Bertz CT molecular complexity index is 595. The van der Waals surface area contributed by atoms with Gasteiger partial charge in [0.05, 0.1) is 10.5 Å². The highest BCUT2D eigenvalue weighted by Crippen LogP contribution is 2.52. The molecule has 6 heteroatoms. The van der Waals surface area contributed by atoms with Crippen LogP contribution in [0.1, 0.15) is 54.2 Å². The van der Waals surface area contributed by atoms with Gasteiger partial charge >= 0.3 is 6.18 Å². The Hall–Kier alpha value is -1.85. The number of allylic oxidation sites excluding steroid dienone is 1. The summed E-state index contributed by atoms with van der Waals surface area (Å²) in [5, 5.41) is 11.3. The summed E-state index contributed by atoms with van der Waals surface area (Å²) >= 11 is 0. The molecule has 2 aliphatic rings. The van der Waals surface area contributed by atoms with Gasteiger partial charge in [0.1, 0.15) is 0 Å². The molecule has 0 spiro atoms. The molecule has 0 unspecified atom stereocenters. The first kappa shape index (κ1) is 14.1. The van der Waals surface area contributed by atoms with Crippen molar-refractivity contribution in [2.24, 2.45) is 0 Å². The third-order valence-corrected chi connectivity index (χ3v) is 4.08. The molecular weight excluding hydrogens is 283 g/mol. The van der Waals surface area contributed by atoms with Crippen LogP contribution in [0.3, 0.4) is 0 Å². The molecule has 0 saturated heterocycles. The number of benzene rings is 1. The van der Waals surface area contributed by atoms with Crippen LogP contribution in [-0.4, -0.2) is 11.1 Å². The lowest BCUT2D eigenvalue weighted by molar-refractivity contribution is -0.386. The van der Waals surface area contributed by atoms with Crippen molar-refractivity contribution in [1.29, 1.82) is 0 Å². The zero-order chi connectivity index (χ0) is 15.4. The van der Waals surface area contributed by atoms with Crippen molar-refractivity contribution >= 4 is 11.3 Å². The number of nitrogens with zero attached hydrogens (tertiary/aromatic N) is 1. The lowest BCUT2D eigenvalue weighted by atomic mass is 9.94. The quantitative estimate of drug-likeness (QED) is 0.584. The molecule has 0 atom stereocenters. The van der Waals surface area contributed by atoms with E-state index < -0.39 is 16.7 Å². The van der Waals surface area contributed by atoms with Gasteiger partial charge in [-0.2, -0.15) is 13.2 Å². The third kappa shape index (κ3) is 2.66. The largest absolute Gasteiger partial charge is 0.416 e. The topological polar surface area (TPSA) is 43.1 Å². The summed E-state index contributed by atoms with van der Waals surface area (Å²) in [7, 11) is 0. The van der Waals surface area contributed by atoms with Crippen LogP contribution in [0.2, 0.25) is 0 Å². The number of nitro benzene ring substituents is 1. The molecule has 21 heavy (non-hydrogen) atoms. The van der Waals surface area contributed by atoms with Gasteiger partial charge in [0, 0.05) is 11.1 Å². The van der Waals surface area contributed by atoms with E-state index in [4.69, 9.17) is 0 Å². The van der Waals surface area contributed by atoms with Crippen LogP contribution in [0.4, 0.5) is 18.9 Å². The fourth-order valence-electron chi connectivity index (χ4n) is 2.64. The summed E-state index contributed by atoms with van der Waals surface area (Å²) < 4.78 is 38.6. The first-order valence-corrected chi connectivity index (χ1v) is 6.87. The van der Waals surface area contributed by atoms with E-state index in [-0.39, 0.29) is 23.1 Å². The van der Waals surface area contributed by atoms with E-state index in [1.54, 1.807) is 0 Å². The molecule has 1 aromatic carbocycles. The highest BCUT2D eigenvalue weighted by atomic mass is 19.4. The third-order valence-electron chi connectivity index (χ3n) is 4.08. The van der Waals surface area contributed by atoms with Gasteiger partial charge in [-0.15, -0.1) is 0 Å². The van der Waals surface area contributed by atoms with E-state index in [0.717, 1.165) is 25.7 Å². The number of nitro groups is 1. The number of alkyl halides is 3. The van der Waals surface area contributed by atoms with Gasteiger partial charge in [-0.05, 0) is 55.2 Å². The highest BCUT2D eigenvalue weighted by molar-refractivity contribution is 5.72. The molecule has 2 fully saturated rings. The van der Waals surface area contributed by atoms with E-state index in [1.807, 2.05) is 0 Å². The summed E-state index contributed by atoms with van der Waals surface area (Å²) in [4.78, 5) is 10.9. The summed E-state index contributed by atoms with van der Waals surface area (Å²) in [6.45, 7) is 3.12. The molecular formula is C15H14F3NO2. The molecule has 112 valence electrons. The van der Waals surface area contributed by atoms with Crippen molar-refractivity contribution < 1.29 is 18.1 Å². The first-order valence-electron chi connectivity index (χ1n) is 6.87. The average molecular weight is 297 g/mol. The molecule has 0 amide bonds. The van der Waals surface area contributed by atoms with Crippen molar-refractivity contribution in [3.8, 4) is 0 Å². The molecule has 0 heterocycles. The summed E-state index contributed by atoms with van der Waals surface area (Å²) in [5.41, 5.74) is -0.0357. The maximum atomic E-state index is 12.9. The standard InChI is InChI=1S/C15H14F3NO2/c1-8(15(16,17)18)11-6-12(9-2-3-9)14(19(20)21)13(7-11)10-4-5-10/h6-7,9-10H,1-5H2. The maximum Gasteiger partial charge on any atom is 0.416 e. The summed E-state index contributed by atoms with van der Waals surface area (Å²) in [6, 6.07) is 2.63. The molecule has 0 radical (unpaired) electrons. The van der Waals surface area contributed by atoms with Gasteiger partial charge in [-0.1, -0.05) is 6.58 Å². The second-order valence-electron chi connectivity index (χ2n) is 5.79. The minimum Gasteiger partial charge on any atom is -0.258 e. The van der Waals surface area contributed by atoms with Crippen LogP contribution in [-0.2, 0) is 0 Å². The number of rotatable bonds is 4. The molecule has 1 aromatic rings. The van der Waals surface area contributed by atoms with E-state index >= 15 is 0 Å². The predicted octanol–water partition coefficient (Wildman–Crippen LogP) is 4.93. The van der Waals surface area contributed by atoms with Gasteiger partial charge in [-0.3, -0.25) is 10.1 Å². The molecule has 0 bridgehead atoms. The van der Waals surface area contributed by atoms with E-state index in [2.05, 4.69) is 6.58 Å². The van der Waals surface area contributed by atoms with E-state index in [0.29, 0.717) is 11.1 Å². The number of hydrogen-bond donors (Lipinski definition) is 0. The fraction of sp³-hybridized carbons (Fsp3) is 0.467. The van der Waals surface area contributed by atoms with Crippen molar-refractivity contribution in [3.63, 3.8) is 0 Å². The van der Waals surface area contributed by atoms with Crippen LogP contribution >= 0.6 is 0 Å². The smallest absolute Gasteiger partial charge is 0.258 e. The lowest BCUT2D eigenvalue weighted by Crippen LogP contribution is -2.11. The monoisotopic (exact) mass is 297 g/mol. The first-order chi connectivity index (χ1) is 9.79. The number of halogens is 3. The van der Waals surface area contributed by atoms with Crippen molar-refractivity contribution in [1.82, 2.24) is 0 Å². The maximum absolute atomic E-state index is 12.9. The molecule has 0 N–H and O–H groups in total. The second-order valence-corrected chi connectivity index (χ2v) is 5.79. The van der Waals surface area contributed by atoms with Crippen molar-refractivity contribution in [2.75, 3.05) is 0 Å². The Balaban J connectivity index is 2.15.